The van der Waals surface area contributed by atoms with Gasteiger partial charge in [-0.25, -0.2) is 0 Å². The summed E-state index contributed by atoms with van der Waals surface area (Å²) in [5, 5.41) is 3.97. The van der Waals surface area contributed by atoms with Crippen LogP contribution in [0.15, 0.2) is 43.1 Å². The minimum absolute atomic E-state index is 0.00362. The molecule has 0 atom stereocenters. The fourth-order valence-corrected chi connectivity index (χ4v) is 1.91. The van der Waals surface area contributed by atoms with Crippen LogP contribution in [0.4, 0.5) is 0 Å². The zero-order valence-corrected chi connectivity index (χ0v) is 9.94. The van der Waals surface area contributed by atoms with Gasteiger partial charge in [-0.2, -0.15) is 0 Å². The minimum atomic E-state index is 0.00362. The van der Waals surface area contributed by atoms with E-state index in [1.807, 2.05) is 29.0 Å². The van der Waals surface area contributed by atoms with Crippen LogP contribution in [-0.4, -0.2) is 17.0 Å². The highest BCUT2D eigenvalue weighted by Gasteiger charge is 2.06. The van der Waals surface area contributed by atoms with Gasteiger partial charge in [-0.3, -0.25) is 4.79 Å². The van der Waals surface area contributed by atoms with Gasteiger partial charge in [0.25, 0.3) is 0 Å². The lowest BCUT2D eigenvalue weighted by atomic mass is 10.1. The highest BCUT2D eigenvalue weighted by molar-refractivity contribution is 5.85. The van der Waals surface area contributed by atoms with Crippen LogP contribution in [0, 0.1) is 6.92 Å². The third-order valence-corrected chi connectivity index (χ3v) is 2.79. The van der Waals surface area contributed by atoms with E-state index in [9.17, 15) is 4.79 Å². The molecule has 3 nitrogen and oxygen atoms in total. The number of hydrogen-bond donors (Lipinski definition) is 1. The number of aryl methyl sites for hydroxylation is 1. The Labute approximate surface area is 101 Å². The molecule has 2 rings (SSSR count). The van der Waals surface area contributed by atoms with Gasteiger partial charge in [0.2, 0.25) is 5.91 Å². The van der Waals surface area contributed by atoms with Crippen LogP contribution in [0.2, 0.25) is 0 Å². The lowest BCUT2D eigenvalue weighted by molar-refractivity contribution is -0.121. The number of rotatable bonds is 4. The molecule has 0 saturated carbocycles. The molecule has 0 saturated heterocycles. The smallest absolute Gasteiger partial charge is 0.240 e. The first-order chi connectivity index (χ1) is 8.22. The van der Waals surface area contributed by atoms with Gasteiger partial charge < -0.3 is 9.88 Å². The first-order valence-corrected chi connectivity index (χ1v) is 5.64. The van der Waals surface area contributed by atoms with Crippen molar-refractivity contribution < 1.29 is 4.79 Å². The number of aromatic nitrogens is 1. The predicted octanol–water partition coefficient (Wildman–Crippen LogP) is 2.25. The summed E-state index contributed by atoms with van der Waals surface area (Å²) in [6, 6.07) is 8.16. The first-order valence-electron chi connectivity index (χ1n) is 5.64. The first kappa shape index (κ1) is 11.5. The van der Waals surface area contributed by atoms with E-state index in [4.69, 9.17) is 0 Å². The summed E-state index contributed by atoms with van der Waals surface area (Å²) in [4.78, 5) is 11.6. The van der Waals surface area contributed by atoms with Gasteiger partial charge in [-0.15, -0.1) is 6.58 Å². The summed E-state index contributed by atoms with van der Waals surface area (Å²) in [6.45, 7) is 6.50. The number of amides is 1. The van der Waals surface area contributed by atoms with E-state index in [1.165, 1.54) is 10.9 Å². The lowest BCUT2D eigenvalue weighted by Gasteiger charge is -2.06. The summed E-state index contributed by atoms with van der Waals surface area (Å²) in [7, 11) is 0. The molecular weight excluding hydrogens is 212 g/mol. The van der Waals surface area contributed by atoms with Crippen LogP contribution in [0.1, 0.15) is 5.56 Å². The molecule has 88 valence electrons. The highest BCUT2D eigenvalue weighted by atomic mass is 16.1. The molecule has 0 aliphatic rings. The van der Waals surface area contributed by atoms with E-state index >= 15 is 0 Å². The van der Waals surface area contributed by atoms with Crippen molar-refractivity contribution in [2.45, 2.75) is 13.5 Å². The minimum Gasteiger partial charge on any atom is -0.351 e. The SMILES string of the molecule is C=CCNC(=O)Cn1ccc2c(C)cccc21. The molecule has 1 N–H and O–H groups in total. The van der Waals surface area contributed by atoms with Crippen molar-refractivity contribution in [3.8, 4) is 0 Å². The molecule has 1 heterocycles. The summed E-state index contributed by atoms with van der Waals surface area (Å²) < 4.78 is 1.96. The van der Waals surface area contributed by atoms with Crippen LogP contribution in [-0.2, 0) is 11.3 Å². The second kappa shape index (κ2) is 4.87. The molecule has 17 heavy (non-hydrogen) atoms. The van der Waals surface area contributed by atoms with E-state index in [0.717, 1.165) is 5.52 Å². The Bertz CT molecular complexity index is 554. The highest BCUT2D eigenvalue weighted by Crippen LogP contribution is 2.19. The Kier molecular flexibility index (Phi) is 3.28. The maximum absolute atomic E-state index is 11.6. The Balaban J connectivity index is 2.22. The van der Waals surface area contributed by atoms with E-state index in [1.54, 1.807) is 6.08 Å². The monoisotopic (exact) mass is 228 g/mol. The predicted molar refractivity (Wildman–Crippen MR) is 69.9 cm³/mol. The van der Waals surface area contributed by atoms with Gasteiger partial charge in [0.05, 0.1) is 0 Å². The second-order valence-corrected chi connectivity index (χ2v) is 4.04. The molecule has 0 unspecified atom stereocenters. The number of nitrogens with zero attached hydrogens (tertiary/aromatic N) is 1. The van der Waals surface area contributed by atoms with E-state index < -0.39 is 0 Å². The van der Waals surface area contributed by atoms with Gasteiger partial charge in [0.1, 0.15) is 6.54 Å². The number of hydrogen-bond acceptors (Lipinski definition) is 1. The van der Waals surface area contributed by atoms with Crippen LogP contribution in [0.5, 0.6) is 0 Å². The van der Waals surface area contributed by atoms with Gasteiger partial charge in [-0.05, 0) is 24.6 Å². The summed E-state index contributed by atoms with van der Waals surface area (Å²) in [5.41, 5.74) is 2.33. The van der Waals surface area contributed by atoms with Crippen molar-refractivity contribution in [2.24, 2.45) is 0 Å². The number of carbonyl (C=O) groups is 1. The van der Waals surface area contributed by atoms with E-state index in [0.29, 0.717) is 13.1 Å². The molecule has 0 spiro atoms. The number of nitrogens with one attached hydrogen (secondary N) is 1. The Morgan fingerprint density at radius 1 is 1.47 bits per heavy atom. The van der Waals surface area contributed by atoms with E-state index in [2.05, 4.69) is 24.9 Å². The number of fused-ring (bicyclic) bond motifs is 1. The topological polar surface area (TPSA) is 34.0 Å². The van der Waals surface area contributed by atoms with Crippen molar-refractivity contribution >= 4 is 16.8 Å². The largest absolute Gasteiger partial charge is 0.351 e. The van der Waals surface area contributed by atoms with Crippen molar-refractivity contribution in [2.75, 3.05) is 6.54 Å². The maximum Gasteiger partial charge on any atom is 0.240 e. The maximum atomic E-state index is 11.6. The van der Waals surface area contributed by atoms with E-state index in [-0.39, 0.29) is 5.91 Å². The average molecular weight is 228 g/mol. The third kappa shape index (κ3) is 2.38. The van der Waals surface area contributed by atoms with Crippen molar-refractivity contribution in [1.29, 1.82) is 0 Å². The fourth-order valence-electron chi connectivity index (χ4n) is 1.91. The molecule has 0 aliphatic carbocycles. The molecule has 0 aliphatic heterocycles. The molecule has 1 aromatic carbocycles. The third-order valence-electron chi connectivity index (χ3n) is 2.79. The Morgan fingerprint density at radius 3 is 3.06 bits per heavy atom. The fraction of sp³-hybridized carbons (Fsp3) is 0.214. The normalized spacial score (nSPS) is 10.4. The second-order valence-electron chi connectivity index (χ2n) is 4.04. The van der Waals surface area contributed by atoms with Crippen LogP contribution in [0.3, 0.4) is 0 Å². The zero-order chi connectivity index (χ0) is 12.3. The van der Waals surface area contributed by atoms with Crippen molar-refractivity contribution in [1.82, 2.24) is 9.88 Å². The number of benzene rings is 1. The van der Waals surface area contributed by atoms with Crippen LogP contribution in [0.25, 0.3) is 10.9 Å². The zero-order valence-electron chi connectivity index (χ0n) is 9.94. The van der Waals surface area contributed by atoms with Crippen molar-refractivity contribution in [3.63, 3.8) is 0 Å². The van der Waals surface area contributed by atoms with Crippen LogP contribution >= 0.6 is 0 Å². The molecule has 1 aromatic heterocycles. The Hall–Kier alpha value is -2.03. The van der Waals surface area contributed by atoms with Crippen molar-refractivity contribution in [3.05, 3.63) is 48.7 Å². The molecular formula is C14H16N2O. The Morgan fingerprint density at radius 2 is 2.29 bits per heavy atom. The van der Waals surface area contributed by atoms with Crippen LogP contribution < -0.4 is 5.32 Å². The van der Waals surface area contributed by atoms with Gasteiger partial charge >= 0.3 is 0 Å². The average Bonchev–Trinajstić information content (AvgIpc) is 2.71. The summed E-state index contributed by atoms with van der Waals surface area (Å²) in [6.07, 6.45) is 3.63. The van der Waals surface area contributed by atoms with Gasteiger partial charge in [-0.1, -0.05) is 18.2 Å². The molecule has 3 heteroatoms. The summed E-state index contributed by atoms with van der Waals surface area (Å²) >= 11 is 0. The molecule has 1 amide bonds. The molecule has 0 bridgehead atoms. The molecule has 0 radical (unpaired) electrons. The van der Waals surface area contributed by atoms with Gasteiger partial charge in [0.15, 0.2) is 0 Å². The number of carbonyl (C=O) groups excluding carboxylic acids is 1. The van der Waals surface area contributed by atoms with Gasteiger partial charge in [0, 0.05) is 23.6 Å². The lowest BCUT2D eigenvalue weighted by Crippen LogP contribution is -2.27. The standard InChI is InChI=1S/C14H16N2O/c1-3-8-15-14(17)10-16-9-7-12-11(2)5-4-6-13(12)16/h3-7,9H,1,8,10H2,2H3,(H,15,17). The molecule has 2 aromatic rings. The molecule has 0 fully saturated rings. The summed E-state index contributed by atoms with van der Waals surface area (Å²) in [5.74, 6) is 0.00362. The quantitative estimate of drug-likeness (QED) is 0.800.